The van der Waals surface area contributed by atoms with Crippen LogP contribution in [0, 0.1) is 0 Å². The number of carbonyl (C=O) groups excluding carboxylic acids is 2. The maximum Gasteiger partial charge on any atom is 0.255 e. The second-order valence-corrected chi connectivity index (χ2v) is 6.99. The minimum absolute atomic E-state index is 0.0680. The number of amides is 2. The number of aryl methyl sites for hydroxylation is 1. The van der Waals surface area contributed by atoms with Crippen LogP contribution in [0.5, 0.6) is 0 Å². The fraction of sp³-hybridized carbons (Fsp3) is 0.0909. The van der Waals surface area contributed by atoms with E-state index in [1.165, 1.54) is 0 Å². The number of hydrogen-bond acceptors (Lipinski definition) is 2. The summed E-state index contributed by atoms with van der Waals surface area (Å²) in [7, 11) is 0. The SMILES string of the molecule is O=C(CCc1cccc(Br)c1)Nc1cccc(NC(=O)c2ccccc2)c1. The highest BCUT2D eigenvalue weighted by Gasteiger charge is 2.07. The largest absolute Gasteiger partial charge is 0.326 e. The quantitative estimate of drug-likeness (QED) is 0.567. The van der Waals surface area contributed by atoms with Crippen LogP contribution in [0.4, 0.5) is 11.4 Å². The first-order chi connectivity index (χ1) is 13.1. The van der Waals surface area contributed by atoms with Crippen molar-refractivity contribution < 1.29 is 9.59 Å². The Morgan fingerprint density at radius 2 is 1.48 bits per heavy atom. The molecule has 5 heteroatoms. The summed E-state index contributed by atoms with van der Waals surface area (Å²) in [5.74, 6) is -0.254. The Morgan fingerprint density at radius 1 is 0.778 bits per heavy atom. The predicted molar refractivity (Wildman–Crippen MR) is 112 cm³/mol. The van der Waals surface area contributed by atoms with E-state index in [0.29, 0.717) is 29.8 Å². The molecule has 0 aliphatic rings. The summed E-state index contributed by atoms with van der Waals surface area (Å²) in [6.45, 7) is 0. The van der Waals surface area contributed by atoms with Crippen LogP contribution < -0.4 is 10.6 Å². The lowest BCUT2D eigenvalue weighted by molar-refractivity contribution is -0.116. The van der Waals surface area contributed by atoms with Crippen LogP contribution in [-0.2, 0) is 11.2 Å². The van der Waals surface area contributed by atoms with Gasteiger partial charge < -0.3 is 10.6 Å². The molecule has 3 rings (SSSR count). The molecule has 0 heterocycles. The van der Waals surface area contributed by atoms with Crippen molar-refractivity contribution in [3.8, 4) is 0 Å². The van der Waals surface area contributed by atoms with Crippen LogP contribution in [0.25, 0.3) is 0 Å². The van der Waals surface area contributed by atoms with Crippen molar-refractivity contribution in [3.05, 3.63) is 94.5 Å². The topological polar surface area (TPSA) is 58.2 Å². The second kappa shape index (κ2) is 9.14. The Labute approximate surface area is 166 Å². The molecule has 0 unspecified atom stereocenters. The third kappa shape index (κ3) is 5.79. The Kier molecular flexibility index (Phi) is 6.39. The molecule has 0 radical (unpaired) electrons. The summed E-state index contributed by atoms with van der Waals surface area (Å²) in [6, 6.07) is 24.1. The van der Waals surface area contributed by atoms with Gasteiger partial charge in [0.1, 0.15) is 0 Å². The second-order valence-electron chi connectivity index (χ2n) is 6.08. The lowest BCUT2D eigenvalue weighted by Gasteiger charge is -2.09. The lowest BCUT2D eigenvalue weighted by Crippen LogP contribution is -2.14. The van der Waals surface area contributed by atoms with E-state index in [1.54, 1.807) is 36.4 Å². The molecule has 0 aliphatic heterocycles. The van der Waals surface area contributed by atoms with Gasteiger partial charge in [0.05, 0.1) is 0 Å². The Hall–Kier alpha value is -2.92. The number of anilines is 2. The van der Waals surface area contributed by atoms with Crippen molar-refractivity contribution in [2.75, 3.05) is 10.6 Å². The maximum absolute atomic E-state index is 12.2. The average molecular weight is 423 g/mol. The van der Waals surface area contributed by atoms with Gasteiger partial charge in [-0.1, -0.05) is 52.3 Å². The van der Waals surface area contributed by atoms with E-state index in [0.717, 1.165) is 10.0 Å². The van der Waals surface area contributed by atoms with Crippen LogP contribution in [-0.4, -0.2) is 11.8 Å². The van der Waals surface area contributed by atoms with Gasteiger partial charge in [-0.15, -0.1) is 0 Å². The van der Waals surface area contributed by atoms with Gasteiger partial charge in [0.2, 0.25) is 5.91 Å². The molecule has 3 aromatic rings. The number of halogens is 1. The van der Waals surface area contributed by atoms with Crippen LogP contribution in [0.15, 0.2) is 83.3 Å². The highest BCUT2D eigenvalue weighted by molar-refractivity contribution is 9.10. The standard InChI is InChI=1S/C22H19BrN2O2/c23-18-9-4-6-16(14-18)12-13-21(26)24-19-10-5-11-20(15-19)25-22(27)17-7-2-1-3-8-17/h1-11,14-15H,12-13H2,(H,24,26)(H,25,27). The van der Waals surface area contributed by atoms with E-state index in [9.17, 15) is 9.59 Å². The summed E-state index contributed by atoms with van der Waals surface area (Å²) in [4.78, 5) is 24.4. The van der Waals surface area contributed by atoms with Crippen LogP contribution in [0.1, 0.15) is 22.3 Å². The number of hydrogen-bond donors (Lipinski definition) is 2. The van der Waals surface area contributed by atoms with Gasteiger partial charge in [0, 0.05) is 27.8 Å². The van der Waals surface area contributed by atoms with Crippen molar-refractivity contribution >= 4 is 39.1 Å². The number of benzene rings is 3. The first-order valence-corrected chi connectivity index (χ1v) is 9.40. The number of nitrogens with one attached hydrogen (secondary N) is 2. The van der Waals surface area contributed by atoms with Gasteiger partial charge in [-0.25, -0.2) is 0 Å². The normalized spacial score (nSPS) is 10.3. The first-order valence-electron chi connectivity index (χ1n) is 8.61. The van der Waals surface area contributed by atoms with Gasteiger partial charge in [0.15, 0.2) is 0 Å². The molecule has 0 atom stereocenters. The van der Waals surface area contributed by atoms with Gasteiger partial charge in [-0.05, 0) is 54.4 Å². The molecule has 2 N–H and O–H groups in total. The Bertz CT molecular complexity index is 942. The minimum atomic E-state index is -0.186. The monoisotopic (exact) mass is 422 g/mol. The van der Waals surface area contributed by atoms with Crippen molar-refractivity contribution in [1.82, 2.24) is 0 Å². The van der Waals surface area contributed by atoms with Gasteiger partial charge >= 0.3 is 0 Å². The molecule has 3 aromatic carbocycles. The van der Waals surface area contributed by atoms with E-state index < -0.39 is 0 Å². The smallest absolute Gasteiger partial charge is 0.255 e. The lowest BCUT2D eigenvalue weighted by atomic mass is 10.1. The first kappa shape index (κ1) is 18.9. The zero-order chi connectivity index (χ0) is 19.1. The molecule has 0 spiro atoms. The van der Waals surface area contributed by atoms with Gasteiger partial charge in [0.25, 0.3) is 5.91 Å². The molecule has 0 aromatic heterocycles. The zero-order valence-electron chi connectivity index (χ0n) is 14.6. The zero-order valence-corrected chi connectivity index (χ0v) is 16.2. The van der Waals surface area contributed by atoms with Crippen molar-refractivity contribution in [1.29, 1.82) is 0 Å². The Balaban J connectivity index is 1.57. The summed E-state index contributed by atoms with van der Waals surface area (Å²) in [5.41, 5.74) is 2.97. The third-order valence-corrected chi connectivity index (χ3v) is 4.46. The van der Waals surface area contributed by atoms with E-state index >= 15 is 0 Å². The van der Waals surface area contributed by atoms with Gasteiger partial charge in [-0.2, -0.15) is 0 Å². The van der Waals surface area contributed by atoms with Crippen LogP contribution >= 0.6 is 15.9 Å². The molecular formula is C22H19BrN2O2. The molecule has 136 valence electrons. The van der Waals surface area contributed by atoms with E-state index in [4.69, 9.17) is 0 Å². The van der Waals surface area contributed by atoms with Crippen molar-refractivity contribution in [2.24, 2.45) is 0 Å². The fourth-order valence-corrected chi connectivity index (χ4v) is 3.09. The maximum atomic E-state index is 12.2. The predicted octanol–water partition coefficient (Wildman–Crippen LogP) is 5.27. The van der Waals surface area contributed by atoms with Crippen molar-refractivity contribution in [2.45, 2.75) is 12.8 Å². The minimum Gasteiger partial charge on any atom is -0.326 e. The van der Waals surface area contributed by atoms with E-state index in [-0.39, 0.29) is 11.8 Å². The number of carbonyl (C=O) groups is 2. The third-order valence-electron chi connectivity index (χ3n) is 3.97. The molecule has 0 fully saturated rings. The van der Waals surface area contributed by atoms with E-state index in [2.05, 4.69) is 26.6 Å². The molecule has 0 saturated carbocycles. The molecule has 0 saturated heterocycles. The highest BCUT2D eigenvalue weighted by Crippen LogP contribution is 2.17. The molecule has 0 aliphatic carbocycles. The van der Waals surface area contributed by atoms with Crippen LogP contribution in [0.2, 0.25) is 0 Å². The molecule has 27 heavy (non-hydrogen) atoms. The Morgan fingerprint density at radius 3 is 2.22 bits per heavy atom. The summed E-state index contributed by atoms with van der Waals surface area (Å²) in [6.07, 6.45) is 1.05. The summed E-state index contributed by atoms with van der Waals surface area (Å²) < 4.78 is 1.00. The molecule has 4 nitrogen and oxygen atoms in total. The highest BCUT2D eigenvalue weighted by atomic mass is 79.9. The fourth-order valence-electron chi connectivity index (χ4n) is 2.64. The van der Waals surface area contributed by atoms with Gasteiger partial charge in [-0.3, -0.25) is 9.59 Å². The average Bonchev–Trinajstić information content (AvgIpc) is 2.67. The molecule has 0 bridgehead atoms. The van der Waals surface area contributed by atoms with E-state index in [1.807, 2.05) is 42.5 Å². The molecular weight excluding hydrogens is 404 g/mol. The number of rotatable bonds is 6. The van der Waals surface area contributed by atoms with Crippen LogP contribution in [0.3, 0.4) is 0 Å². The molecule has 2 amide bonds. The van der Waals surface area contributed by atoms with Crippen molar-refractivity contribution in [3.63, 3.8) is 0 Å². The summed E-state index contributed by atoms with van der Waals surface area (Å²) in [5, 5.41) is 5.72. The summed E-state index contributed by atoms with van der Waals surface area (Å²) >= 11 is 3.43.